The van der Waals surface area contributed by atoms with Gasteiger partial charge in [0.25, 0.3) is 0 Å². The molecule has 2 aliphatic rings. The lowest BCUT2D eigenvalue weighted by Crippen LogP contribution is -2.46. The molecule has 6 heteroatoms. The number of rotatable bonds is 2. The van der Waals surface area contributed by atoms with Gasteiger partial charge in [0.1, 0.15) is 11.6 Å². The fourth-order valence-corrected chi connectivity index (χ4v) is 3.06. The third-order valence-electron chi connectivity index (χ3n) is 4.24. The topological polar surface area (TPSA) is 46.3 Å². The van der Waals surface area contributed by atoms with Crippen molar-refractivity contribution in [3.8, 4) is 0 Å². The third kappa shape index (κ3) is 3.35. The Labute approximate surface area is 128 Å². The Morgan fingerprint density at radius 1 is 1.33 bits per heavy atom. The zero-order valence-corrected chi connectivity index (χ0v) is 12.4. The van der Waals surface area contributed by atoms with Gasteiger partial charge in [-0.3, -0.25) is 4.79 Å². The van der Waals surface area contributed by atoms with Crippen molar-refractivity contribution in [1.82, 2.24) is 4.90 Å². The van der Waals surface area contributed by atoms with Crippen LogP contribution in [0, 0.1) is 17.6 Å². The Balaban J connectivity index is 0.00000161. The number of carbonyl (C=O) groups is 1. The summed E-state index contributed by atoms with van der Waals surface area (Å²) in [6, 6.07) is 3.62. The van der Waals surface area contributed by atoms with Gasteiger partial charge in [0.2, 0.25) is 5.91 Å². The molecule has 3 atom stereocenters. The predicted octanol–water partition coefficient (Wildman–Crippen LogP) is 2.44. The van der Waals surface area contributed by atoms with Crippen LogP contribution in [0.1, 0.15) is 30.7 Å². The largest absolute Gasteiger partial charge is 0.341 e. The minimum Gasteiger partial charge on any atom is -0.341 e. The minimum atomic E-state index is -0.586. The molecule has 3 nitrogen and oxygen atoms in total. The van der Waals surface area contributed by atoms with Crippen molar-refractivity contribution >= 4 is 18.3 Å². The van der Waals surface area contributed by atoms with E-state index >= 15 is 0 Å². The molecule has 1 saturated heterocycles. The van der Waals surface area contributed by atoms with E-state index in [1.807, 2.05) is 0 Å². The summed E-state index contributed by atoms with van der Waals surface area (Å²) < 4.78 is 26.6. The van der Waals surface area contributed by atoms with E-state index in [2.05, 4.69) is 0 Å². The number of amides is 1. The minimum absolute atomic E-state index is 0. The molecule has 2 N–H and O–H groups in total. The van der Waals surface area contributed by atoms with Crippen LogP contribution in [0.2, 0.25) is 0 Å². The lowest BCUT2D eigenvalue weighted by atomic mass is 10.0. The van der Waals surface area contributed by atoms with E-state index in [1.165, 1.54) is 12.1 Å². The van der Waals surface area contributed by atoms with E-state index in [4.69, 9.17) is 5.73 Å². The first kappa shape index (κ1) is 16.2. The highest BCUT2D eigenvalue weighted by molar-refractivity contribution is 5.85. The highest BCUT2D eigenvalue weighted by Gasteiger charge is 2.47. The standard InChI is InChI=1S/C15H18F2N2O.ClH/c16-9-3-4-11(14(17)6-9)12-7-13(12)15(20)19-5-1-2-10(18)8-19;/h3-4,6,10,12-13H,1-2,5,7-8,18H2;1H. The molecule has 1 aliphatic heterocycles. The van der Waals surface area contributed by atoms with Crippen molar-refractivity contribution in [3.63, 3.8) is 0 Å². The van der Waals surface area contributed by atoms with Crippen LogP contribution in [0.4, 0.5) is 8.78 Å². The van der Waals surface area contributed by atoms with Gasteiger partial charge in [-0.1, -0.05) is 6.07 Å². The van der Waals surface area contributed by atoms with Crippen LogP contribution in [-0.2, 0) is 4.79 Å². The van der Waals surface area contributed by atoms with Crippen LogP contribution >= 0.6 is 12.4 Å². The number of hydrogen-bond donors (Lipinski definition) is 1. The molecule has 0 aromatic heterocycles. The first-order valence-corrected chi connectivity index (χ1v) is 7.05. The van der Waals surface area contributed by atoms with Crippen molar-refractivity contribution in [2.45, 2.75) is 31.2 Å². The summed E-state index contributed by atoms with van der Waals surface area (Å²) >= 11 is 0. The number of benzene rings is 1. The number of hydrogen-bond acceptors (Lipinski definition) is 2. The van der Waals surface area contributed by atoms with Gasteiger partial charge in [-0.25, -0.2) is 8.78 Å². The van der Waals surface area contributed by atoms with Gasteiger partial charge in [-0.2, -0.15) is 0 Å². The molecule has 3 rings (SSSR count). The maximum Gasteiger partial charge on any atom is 0.226 e. The monoisotopic (exact) mass is 316 g/mol. The van der Waals surface area contributed by atoms with Crippen LogP contribution in [0.15, 0.2) is 18.2 Å². The first-order valence-electron chi connectivity index (χ1n) is 7.05. The summed E-state index contributed by atoms with van der Waals surface area (Å²) in [6.45, 7) is 1.33. The van der Waals surface area contributed by atoms with Crippen LogP contribution in [-0.4, -0.2) is 29.9 Å². The molecule has 1 heterocycles. The van der Waals surface area contributed by atoms with Gasteiger partial charge in [0, 0.05) is 31.1 Å². The van der Waals surface area contributed by atoms with Crippen LogP contribution in [0.25, 0.3) is 0 Å². The van der Waals surface area contributed by atoms with Gasteiger partial charge in [0.15, 0.2) is 0 Å². The molecule has 0 spiro atoms. The van der Waals surface area contributed by atoms with Crippen molar-refractivity contribution in [1.29, 1.82) is 0 Å². The number of piperidine rings is 1. The van der Waals surface area contributed by atoms with E-state index in [-0.39, 0.29) is 36.2 Å². The molecular formula is C15H19ClF2N2O. The van der Waals surface area contributed by atoms with E-state index in [1.54, 1.807) is 4.90 Å². The average molecular weight is 317 g/mol. The molecule has 2 fully saturated rings. The Morgan fingerprint density at radius 2 is 2.10 bits per heavy atom. The Kier molecular flexibility index (Phi) is 4.84. The SMILES string of the molecule is Cl.NC1CCCN(C(=O)C2CC2c2ccc(F)cc2F)C1. The van der Waals surface area contributed by atoms with E-state index in [0.717, 1.165) is 25.5 Å². The predicted molar refractivity (Wildman–Crippen MR) is 78.2 cm³/mol. The molecule has 0 radical (unpaired) electrons. The quantitative estimate of drug-likeness (QED) is 0.911. The molecular weight excluding hydrogens is 298 g/mol. The Hall–Kier alpha value is -1.20. The van der Waals surface area contributed by atoms with E-state index in [0.29, 0.717) is 18.5 Å². The van der Waals surface area contributed by atoms with Gasteiger partial charge in [0.05, 0.1) is 0 Å². The number of halogens is 3. The summed E-state index contributed by atoms with van der Waals surface area (Å²) in [6.07, 6.45) is 2.52. The summed E-state index contributed by atoms with van der Waals surface area (Å²) in [5, 5.41) is 0. The van der Waals surface area contributed by atoms with Crippen molar-refractivity contribution in [2.75, 3.05) is 13.1 Å². The highest BCUT2D eigenvalue weighted by atomic mass is 35.5. The third-order valence-corrected chi connectivity index (χ3v) is 4.24. The van der Waals surface area contributed by atoms with Gasteiger partial charge < -0.3 is 10.6 Å². The maximum atomic E-state index is 13.7. The smallest absolute Gasteiger partial charge is 0.226 e. The second-order valence-corrected chi connectivity index (χ2v) is 5.80. The number of nitrogens with two attached hydrogens (primary N) is 1. The van der Waals surface area contributed by atoms with Crippen molar-refractivity contribution in [3.05, 3.63) is 35.4 Å². The first-order chi connectivity index (χ1) is 9.56. The summed E-state index contributed by atoms with van der Waals surface area (Å²) in [5.41, 5.74) is 6.32. The van der Waals surface area contributed by atoms with Gasteiger partial charge in [-0.05, 0) is 36.8 Å². The average Bonchev–Trinajstić information content (AvgIpc) is 3.18. The Morgan fingerprint density at radius 3 is 2.76 bits per heavy atom. The molecule has 0 bridgehead atoms. The van der Waals surface area contributed by atoms with Crippen LogP contribution in [0.5, 0.6) is 0 Å². The molecule has 1 aromatic carbocycles. The maximum absolute atomic E-state index is 13.7. The fraction of sp³-hybridized carbons (Fsp3) is 0.533. The van der Waals surface area contributed by atoms with Crippen LogP contribution < -0.4 is 5.73 Å². The summed E-state index contributed by atoms with van der Waals surface area (Å²) in [7, 11) is 0. The summed E-state index contributed by atoms with van der Waals surface area (Å²) in [4.78, 5) is 14.1. The molecule has 116 valence electrons. The lowest BCUT2D eigenvalue weighted by Gasteiger charge is -2.31. The Bertz CT molecular complexity index is 540. The zero-order valence-electron chi connectivity index (χ0n) is 11.6. The molecule has 1 amide bonds. The second kappa shape index (κ2) is 6.28. The molecule has 1 saturated carbocycles. The summed E-state index contributed by atoms with van der Waals surface area (Å²) in [5.74, 6) is -1.35. The van der Waals surface area contributed by atoms with E-state index in [9.17, 15) is 13.6 Å². The molecule has 1 aliphatic carbocycles. The van der Waals surface area contributed by atoms with Gasteiger partial charge in [-0.15, -0.1) is 12.4 Å². The highest BCUT2D eigenvalue weighted by Crippen LogP contribution is 2.49. The molecule has 3 unspecified atom stereocenters. The normalized spacial score (nSPS) is 28.0. The lowest BCUT2D eigenvalue weighted by molar-refractivity contribution is -0.133. The molecule has 21 heavy (non-hydrogen) atoms. The number of carbonyl (C=O) groups excluding carboxylic acids is 1. The van der Waals surface area contributed by atoms with Gasteiger partial charge >= 0.3 is 0 Å². The second-order valence-electron chi connectivity index (χ2n) is 5.80. The van der Waals surface area contributed by atoms with Crippen molar-refractivity contribution < 1.29 is 13.6 Å². The molecule has 1 aromatic rings. The number of nitrogens with zero attached hydrogens (tertiary/aromatic N) is 1. The van der Waals surface area contributed by atoms with E-state index < -0.39 is 11.6 Å². The van der Waals surface area contributed by atoms with Crippen molar-refractivity contribution in [2.24, 2.45) is 11.7 Å². The number of likely N-dealkylation sites (tertiary alicyclic amines) is 1. The van der Waals surface area contributed by atoms with Crippen LogP contribution in [0.3, 0.4) is 0 Å². The fourth-order valence-electron chi connectivity index (χ4n) is 3.06. The zero-order chi connectivity index (χ0) is 14.3.